The average molecular weight is 313 g/mol. The van der Waals surface area contributed by atoms with Crippen molar-refractivity contribution in [2.75, 3.05) is 18.9 Å². The summed E-state index contributed by atoms with van der Waals surface area (Å²) in [5.41, 5.74) is -0.228. The molecule has 0 fully saturated rings. The maximum absolute atomic E-state index is 13.4. The van der Waals surface area contributed by atoms with E-state index < -0.39 is 0 Å². The number of nitrogens with one attached hydrogen (secondary N) is 1. The van der Waals surface area contributed by atoms with Crippen LogP contribution in [0.5, 0.6) is 0 Å². The van der Waals surface area contributed by atoms with Crippen molar-refractivity contribution in [1.82, 2.24) is 5.32 Å². The van der Waals surface area contributed by atoms with Gasteiger partial charge in [0.1, 0.15) is 5.82 Å². The first-order valence-corrected chi connectivity index (χ1v) is 8.30. The number of halogens is 1. The Morgan fingerprint density at radius 1 is 1.33 bits per heavy atom. The third kappa shape index (κ3) is 5.67. The molecule has 1 rings (SSSR count). The van der Waals surface area contributed by atoms with Gasteiger partial charge in [0.15, 0.2) is 0 Å². The SMILES string of the molecule is CCC(CC)(CO)CNC(=O)CCSc1ccccc1F. The van der Waals surface area contributed by atoms with Crippen LogP contribution in [0.15, 0.2) is 29.2 Å². The number of thioether (sulfide) groups is 1. The molecule has 21 heavy (non-hydrogen) atoms. The van der Waals surface area contributed by atoms with Crippen molar-refractivity contribution in [3.05, 3.63) is 30.1 Å². The van der Waals surface area contributed by atoms with E-state index >= 15 is 0 Å². The highest BCUT2D eigenvalue weighted by atomic mass is 32.2. The fourth-order valence-electron chi connectivity index (χ4n) is 1.97. The normalized spacial score (nSPS) is 11.4. The van der Waals surface area contributed by atoms with Crippen LogP contribution in [-0.2, 0) is 4.79 Å². The lowest BCUT2D eigenvalue weighted by Crippen LogP contribution is -2.39. The molecule has 0 saturated heterocycles. The molecule has 0 atom stereocenters. The maximum atomic E-state index is 13.4. The number of hydrogen-bond donors (Lipinski definition) is 2. The number of carbonyl (C=O) groups is 1. The van der Waals surface area contributed by atoms with Crippen LogP contribution in [0.2, 0.25) is 0 Å². The summed E-state index contributed by atoms with van der Waals surface area (Å²) in [6.07, 6.45) is 1.99. The summed E-state index contributed by atoms with van der Waals surface area (Å²) >= 11 is 1.34. The van der Waals surface area contributed by atoms with Crippen LogP contribution in [0.3, 0.4) is 0 Å². The van der Waals surface area contributed by atoms with Gasteiger partial charge in [0, 0.05) is 29.0 Å². The Morgan fingerprint density at radius 3 is 2.57 bits per heavy atom. The number of hydrogen-bond acceptors (Lipinski definition) is 3. The van der Waals surface area contributed by atoms with Gasteiger partial charge in [0.25, 0.3) is 0 Å². The smallest absolute Gasteiger partial charge is 0.220 e. The standard InChI is InChI=1S/C16H24FNO2S/c1-3-16(4-2,12-19)11-18-15(20)9-10-21-14-8-6-5-7-13(14)17/h5-8,19H,3-4,9-12H2,1-2H3,(H,18,20). The van der Waals surface area contributed by atoms with Crippen molar-refractivity contribution in [3.8, 4) is 0 Å². The van der Waals surface area contributed by atoms with E-state index in [1.165, 1.54) is 17.8 Å². The van der Waals surface area contributed by atoms with Crippen molar-refractivity contribution < 1.29 is 14.3 Å². The van der Waals surface area contributed by atoms with Crippen LogP contribution in [0.4, 0.5) is 4.39 Å². The van der Waals surface area contributed by atoms with E-state index in [0.29, 0.717) is 23.6 Å². The minimum absolute atomic E-state index is 0.0569. The molecule has 0 aromatic heterocycles. The summed E-state index contributed by atoms with van der Waals surface area (Å²) in [6, 6.07) is 6.56. The topological polar surface area (TPSA) is 49.3 Å². The Morgan fingerprint density at radius 2 is 2.00 bits per heavy atom. The highest BCUT2D eigenvalue weighted by Crippen LogP contribution is 2.25. The van der Waals surface area contributed by atoms with Gasteiger partial charge < -0.3 is 10.4 Å². The Balaban J connectivity index is 2.33. The lowest BCUT2D eigenvalue weighted by atomic mass is 9.83. The van der Waals surface area contributed by atoms with Gasteiger partial charge in [0.2, 0.25) is 5.91 Å². The summed E-state index contributed by atoms with van der Waals surface area (Å²) in [5.74, 6) is 0.231. The van der Waals surface area contributed by atoms with E-state index in [-0.39, 0.29) is 23.7 Å². The number of benzene rings is 1. The minimum atomic E-state index is -0.251. The van der Waals surface area contributed by atoms with Crippen molar-refractivity contribution >= 4 is 17.7 Å². The number of amides is 1. The van der Waals surface area contributed by atoms with E-state index in [0.717, 1.165) is 12.8 Å². The van der Waals surface area contributed by atoms with Gasteiger partial charge >= 0.3 is 0 Å². The Labute approximate surface area is 130 Å². The second-order valence-corrected chi connectivity index (χ2v) is 6.31. The monoisotopic (exact) mass is 313 g/mol. The molecule has 0 radical (unpaired) electrons. The second-order valence-electron chi connectivity index (χ2n) is 5.17. The molecular weight excluding hydrogens is 289 g/mol. The maximum Gasteiger partial charge on any atom is 0.220 e. The highest BCUT2D eigenvalue weighted by Gasteiger charge is 2.25. The molecule has 5 heteroatoms. The van der Waals surface area contributed by atoms with Crippen LogP contribution in [0.25, 0.3) is 0 Å². The van der Waals surface area contributed by atoms with Gasteiger partial charge in [0.05, 0.1) is 6.61 Å². The molecule has 1 aromatic carbocycles. The zero-order valence-electron chi connectivity index (χ0n) is 12.7. The third-order valence-electron chi connectivity index (χ3n) is 3.92. The van der Waals surface area contributed by atoms with Crippen molar-refractivity contribution in [2.24, 2.45) is 5.41 Å². The van der Waals surface area contributed by atoms with Crippen LogP contribution < -0.4 is 5.32 Å². The van der Waals surface area contributed by atoms with Crippen molar-refractivity contribution in [2.45, 2.75) is 38.0 Å². The van der Waals surface area contributed by atoms with Crippen LogP contribution in [0, 0.1) is 11.2 Å². The zero-order valence-corrected chi connectivity index (χ0v) is 13.5. The quantitative estimate of drug-likeness (QED) is 0.688. The molecule has 1 aromatic rings. The van der Waals surface area contributed by atoms with Gasteiger partial charge in [-0.3, -0.25) is 4.79 Å². The molecular formula is C16H24FNO2S. The highest BCUT2D eigenvalue weighted by molar-refractivity contribution is 7.99. The Kier molecular flexibility index (Phi) is 7.75. The van der Waals surface area contributed by atoms with E-state index in [1.807, 2.05) is 13.8 Å². The van der Waals surface area contributed by atoms with Crippen LogP contribution in [-0.4, -0.2) is 29.9 Å². The predicted molar refractivity (Wildman–Crippen MR) is 84.9 cm³/mol. The average Bonchev–Trinajstić information content (AvgIpc) is 2.51. The summed E-state index contributed by atoms with van der Waals surface area (Å²) in [5, 5.41) is 12.3. The number of aliphatic hydroxyl groups excluding tert-OH is 1. The largest absolute Gasteiger partial charge is 0.396 e. The molecule has 3 nitrogen and oxygen atoms in total. The number of carbonyl (C=O) groups excluding carboxylic acids is 1. The van der Waals surface area contributed by atoms with Crippen molar-refractivity contribution in [1.29, 1.82) is 0 Å². The molecule has 0 spiro atoms. The lowest BCUT2D eigenvalue weighted by Gasteiger charge is -2.29. The fraction of sp³-hybridized carbons (Fsp3) is 0.562. The van der Waals surface area contributed by atoms with E-state index in [9.17, 15) is 14.3 Å². The van der Waals surface area contributed by atoms with E-state index in [2.05, 4.69) is 5.32 Å². The molecule has 118 valence electrons. The second kappa shape index (κ2) is 9.05. The summed E-state index contributed by atoms with van der Waals surface area (Å²) in [6.45, 7) is 4.59. The van der Waals surface area contributed by atoms with Gasteiger partial charge in [-0.05, 0) is 25.0 Å². The summed E-state index contributed by atoms with van der Waals surface area (Å²) in [7, 11) is 0. The molecule has 0 aliphatic rings. The van der Waals surface area contributed by atoms with E-state index in [4.69, 9.17) is 0 Å². The summed E-state index contributed by atoms with van der Waals surface area (Å²) < 4.78 is 13.4. The Bertz CT molecular complexity index is 441. The van der Waals surface area contributed by atoms with Gasteiger partial charge in [-0.25, -0.2) is 4.39 Å². The summed E-state index contributed by atoms with van der Waals surface area (Å²) in [4.78, 5) is 12.4. The van der Waals surface area contributed by atoms with Gasteiger partial charge in [-0.15, -0.1) is 11.8 Å². The zero-order chi connectivity index (χ0) is 15.7. The number of aliphatic hydroxyl groups is 1. The molecule has 0 bridgehead atoms. The molecule has 0 unspecified atom stereocenters. The third-order valence-corrected chi connectivity index (χ3v) is 4.97. The molecule has 0 aliphatic heterocycles. The first-order valence-electron chi connectivity index (χ1n) is 7.32. The van der Waals surface area contributed by atoms with Crippen LogP contribution in [0.1, 0.15) is 33.1 Å². The lowest BCUT2D eigenvalue weighted by molar-refractivity contribution is -0.121. The molecule has 0 saturated carbocycles. The fourth-order valence-corrected chi connectivity index (χ4v) is 2.86. The Hall–Kier alpha value is -1.07. The molecule has 2 N–H and O–H groups in total. The van der Waals surface area contributed by atoms with Crippen molar-refractivity contribution in [3.63, 3.8) is 0 Å². The first-order chi connectivity index (χ1) is 10.1. The van der Waals surface area contributed by atoms with E-state index in [1.54, 1.807) is 18.2 Å². The molecule has 0 aliphatic carbocycles. The first kappa shape index (κ1) is 18.0. The minimum Gasteiger partial charge on any atom is -0.396 e. The molecule has 1 amide bonds. The molecule has 0 heterocycles. The van der Waals surface area contributed by atoms with Crippen LogP contribution >= 0.6 is 11.8 Å². The number of rotatable bonds is 9. The van der Waals surface area contributed by atoms with Gasteiger partial charge in [-0.1, -0.05) is 26.0 Å². The predicted octanol–water partition coefficient (Wildman–Crippen LogP) is 3.22. The van der Waals surface area contributed by atoms with Gasteiger partial charge in [-0.2, -0.15) is 0 Å².